The molecule has 0 aliphatic heterocycles. The molecule has 3 rings (SSSR count). The van der Waals surface area contributed by atoms with Crippen molar-refractivity contribution in [1.82, 2.24) is 9.97 Å². The van der Waals surface area contributed by atoms with E-state index in [2.05, 4.69) is 16.9 Å². The van der Waals surface area contributed by atoms with Crippen molar-refractivity contribution in [1.29, 1.82) is 0 Å². The summed E-state index contributed by atoms with van der Waals surface area (Å²) < 4.78 is 5.65. The summed E-state index contributed by atoms with van der Waals surface area (Å²) in [5.41, 5.74) is 7.91. The zero-order chi connectivity index (χ0) is 13.9. The standard InChI is InChI=1S/C16H19N3O/c1-2-8-20-13-5-3-4-12(9-13)16-18-14(11-6-7-11)10-15(17)19-16/h3-5,9-11H,2,6-8H2,1H3,(H2,17,18,19). The van der Waals surface area contributed by atoms with Crippen molar-refractivity contribution in [3.8, 4) is 17.1 Å². The summed E-state index contributed by atoms with van der Waals surface area (Å²) >= 11 is 0. The fourth-order valence-electron chi connectivity index (χ4n) is 2.15. The third-order valence-corrected chi connectivity index (χ3v) is 3.33. The highest BCUT2D eigenvalue weighted by Gasteiger charge is 2.26. The summed E-state index contributed by atoms with van der Waals surface area (Å²) in [5, 5.41) is 0. The van der Waals surface area contributed by atoms with Crippen LogP contribution in [-0.4, -0.2) is 16.6 Å². The number of hydrogen-bond donors (Lipinski definition) is 1. The van der Waals surface area contributed by atoms with Crippen LogP contribution in [0.5, 0.6) is 5.75 Å². The van der Waals surface area contributed by atoms with Crippen LogP contribution in [0.2, 0.25) is 0 Å². The lowest BCUT2D eigenvalue weighted by molar-refractivity contribution is 0.317. The first-order chi connectivity index (χ1) is 9.76. The molecule has 104 valence electrons. The van der Waals surface area contributed by atoms with Crippen LogP contribution in [-0.2, 0) is 0 Å². The molecule has 1 fully saturated rings. The highest BCUT2D eigenvalue weighted by atomic mass is 16.5. The quantitative estimate of drug-likeness (QED) is 0.903. The molecule has 20 heavy (non-hydrogen) atoms. The molecule has 2 N–H and O–H groups in total. The van der Waals surface area contributed by atoms with E-state index in [0.717, 1.165) is 23.4 Å². The molecule has 0 saturated heterocycles. The molecule has 1 aromatic carbocycles. The summed E-state index contributed by atoms with van der Waals surface area (Å²) in [7, 11) is 0. The first-order valence-electron chi connectivity index (χ1n) is 7.14. The topological polar surface area (TPSA) is 61.0 Å². The lowest BCUT2D eigenvalue weighted by atomic mass is 10.2. The predicted molar refractivity (Wildman–Crippen MR) is 79.6 cm³/mol. The molecular weight excluding hydrogens is 250 g/mol. The van der Waals surface area contributed by atoms with Crippen molar-refractivity contribution >= 4 is 5.82 Å². The van der Waals surface area contributed by atoms with Gasteiger partial charge in [-0.2, -0.15) is 0 Å². The largest absolute Gasteiger partial charge is 0.494 e. The number of hydrogen-bond acceptors (Lipinski definition) is 4. The Morgan fingerprint density at radius 2 is 2.10 bits per heavy atom. The maximum atomic E-state index is 5.90. The second-order valence-electron chi connectivity index (χ2n) is 5.19. The second-order valence-corrected chi connectivity index (χ2v) is 5.19. The molecule has 1 saturated carbocycles. The van der Waals surface area contributed by atoms with Crippen LogP contribution in [0, 0.1) is 0 Å². The summed E-state index contributed by atoms with van der Waals surface area (Å²) in [5.74, 6) is 2.65. The third kappa shape index (κ3) is 2.90. The highest BCUT2D eigenvalue weighted by Crippen LogP contribution is 2.40. The minimum atomic E-state index is 0.539. The fourth-order valence-corrected chi connectivity index (χ4v) is 2.15. The Morgan fingerprint density at radius 3 is 2.85 bits per heavy atom. The summed E-state index contributed by atoms with van der Waals surface area (Å²) in [6.07, 6.45) is 3.40. The minimum Gasteiger partial charge on any atom is -0.494 e. The Hall–Kier alpha value is -2.10. The van der Waals surface area contributed by atoms with Gasteiger partial charge in [0.05, 0.1) is 6.61 Å². The number of nitrogens with zero attached hydrogens (tertiary/aromatic N) is 2. The average molecular weight is 269 g/mol. The molecule has 4 heteroatoms. The maximum Gasteiger partial charge on any atom is 0.161 e. The molecule has 0 bridgehead atoms. The monoisotopic (exact) mass is 269 g/mol. The smallest absolute Gasteiger partial charge is 0.161 e. The van der Waals surface area contributed by atoms with Crippen molar-refractivity contribution in [2.45, 2.75) is 32.1 Å². The molecule has 1 heterocycles. The van der Waals surface area contributed by atoms with Crippen molar-refractivity contribution in [3.05, 3.63) is 36.0 Å². The summed E-state index contributed by atoms with van der Waals surface area (Å²) in [6, 6.07) is 9.76. The van der Waals surface area contributed by atoms with E-state index >= 15 is 0 Å². The predicted octanol–water partition coefficient (Wildman–Crippen LogP) is 3.39. The van der Waals surface area contributed by atoms with Crippen molar-refractivity contribution in [2.75, 3.05) is 12.3 Å². The van der Waals surface area contributed by atoms with E-state index in [1.165, 1.54) is 12.8 Å². The Labute approximate surface area is 119 Å². The van der Waals surface area contributed by atoms with Gasteiger partial charge in [0.1, 0.15) is 11.6 Å². The van der Waals surface area contributed by atoms with E-state index in [-0.39, 0.29) is 0 Å². The molecule has 0 amide bonds. The Morgan fingerprint density at radius 1 is 1.25 bits per heavy atom. The van der Waals surface area contributed by atoms with Crippen LogP contribution in [0.4, 0.5) is 5.82 Å². The van der Waals surface area contributed by atoms with Gasteiger partial charge < -0.3 is 10.5 Å². The number of rotatable bonds is 5. The number of anilines is 1. The first-order valence-corrected chi connectivity index (χ1v) is 7.14. The number of nitrogens with two attached hydrogens (primary N) is 1. The third-order valence-electron chi connectivity index (χ3n) is 3.33. The first kappa shape index (κ1) is 12.9. The molecule has 1 aromatic heterocycles. The molecule has 2 aromatic rings. The van der Waals surface area contributed by atoms with Crippen molar-refractivity contribution < 1.29 is 4.74 Å². The van der Waals surface area contributed by atoms with Gasteiger partial charge in [-0.15, -0.1) is 0 Å². The molecular formula is C16H19N3O. The van der Waals surface area contributed by atoms with Crippen molar-refractivity contribution in [3.63, 3.8) is 0 Å². The van der Waals surface area contributed by atoms with Crippen molar-refractivity contribution in [2.24, 2.45) is 0 Å². The van der Waals surface area contributed by atoms with E-state index in [0.29, 0.717) is 24.2 Å². The molecule has 0 spiro atoms. The van der Waals surface area contributed by atoms with Crippen LogP contribution in [0.3, 0.4) is 0 Å². The van der Waals surface area contributed by atoms with E-state index in [1.807, 2.05) is 30.3 Å². The van der Waals surface area contributed by atoms with Gasteiger partial charge in [0.25, 0.3) is 0 Å². The number of benzene rings is 1. The van der Waals surface area contributed by atoms with E-state index in [9.17, 15) is 0 Å². The van der Waals surface area contributed by atoms with Gasteiger partial charge in [0.15, 0.2) is 5.82 Å². The van der Waals surface area contributed by atoms with E-state index in [1.54, 1.807) is 0 Å². The molecule has 0 atom stereocenters. The van der Waals surface area contributed by atoms with Gasteiger partial charge in [-0.1, -0.05) is 19.1 Å². The summed E-state index contributed by atoms with van der Waals surface area (Å²) in [6.45, 7) is 2.81. The Kier molecular flexibility index (Phi) is 3.54. The molecule has 0 unspecified atom stereocenters. The SMILES string of the molecule is CCCOc1cccc(-c2nc(N)cc(C3CC3)n2)c1. The maximum absolute atomic E-state index is 5.90. The Balaban J connectivity index is 1.91. The van der Waals surface area contributed by atoms with Crippen LogP contribution >= 0.6 is 0 Å². The van der Waals surface area contributed by atoms with E-state index < -0.39 is 0 Å². The van der Waals surface area contributed by atoms with E-state index in [4.69, 9.17) is 10.5 Å². The minimum absolute atomic E-state index is 0.539. The van der Waals surface area contributed by atoms with Crippen LogP contribution in [0.25, 0.3) is 11.4 Å². The number of nitrogen functional groups attached to an aromatic ring is 1. The van der Waals surface area contributed by atoms with Gasteiger partial charge in [-0.05, 0) is 31.4 Å². The fraction of sp³-hybridized carbons (Fsp3) is 0.375. The van der Waals surface area contributed by atoms with Gasteiger partial charge in [0, 0.05) is 23.2 Å². The second kappa shape index (κ2) is 5.49. The van der Waals surface area contributed by atoms with Crippen LogP contribution < -0.4 is 10.5 Å². The van der Waals surface area contributed by atoms with Crippen LogP contribution in [0.15, 0.2) is 30.3 Å². The normalized spacial score (nSPS) is 14.2. The zero-order valence-electron chi connectivity index (χ0n) is 11.7. The number of ether oxygens (including phenoxy) is 1. The van der Waals surface area contributed by atoms with Crippen LogP contribution in [0.1, 0.15) is 37.8 Å². The summed E-state index contributed by atoms with van der Waals surface area (Å²) in [4.78, 5) is 8.99. The van der Waals surface area contributed by atoms with Gasteiger partial charge in [0.2, 0.25) is 0 Å². The lowest BCUT2D eigenvalue weighted by Gasteiger charge is -2.08. The highest BCUT2D eigenvalue weighted by molar-refractivity contribution is 5.59. The molecule has 1 aliphatic rings. The molecule has 4 nitrogen and oxygen atoms in total. The number of aromatic nitrogens is 2. The Bertz CT molecular complexity index is 608. The van der Waals surface area contributed by atoms with Gasteiger partial charge >= 0.3 is 0 Å². The van der Waals surface area contributed by atoms with Gasteiger partial charge in [-0.25, -0.2) is 9.97 Å². The molecule has 0 radical (unpaired) electrons. The zero-order valence-corrected chi connectivity index (χ0v) is 11.7. The lowest BCUT2D eigenvalue weighted by Crippen LogP contribution is -2.00. The molecule has 1 aliphatic carbocycles. The average Bonchev–Trinajstić information content (AvgIpc) is 3.29. The van der Waals surface area contributed by atoms with Gasteiger partial charge in [-0.3, -0.25) is 0 Å².